The van der Waals surface area contributed by atoms with Crippen molar-refractivity contribution in [2.75, 3.05) is 13.1 Å². The fourth-order valence-electron chi connectivity index (χ4n) is 3.57. The maximum atomic E-state index is 12.2. The second kappa shape index (κ2) is 6.02. The van der Waals surface area contributed by atoms with Gasteiger partial charge in [0, 0.05) is 23.3 Å². The zero-order valence-electron chi connectivity index (χ0n) is 14.0. The van der Waals surface area contributed by atoms with E-state index in [9.17, 15) is 4.21 Å². The third kappa shape index (κ3) is 3.11. The van der Waals surface area contributed by atoms with E-state index in [1.54, 1.807) is 6.07 Å². The average Bonchev–Trinajstić information content (AvgIpc) is 2.61. The number of piperidine rings is 1. The molecule has 0 radical (unpaired) electrons. The Kier molecular flexibility index (Phi) is 3.95. The Morgan fingerprint density at radius 3 is 2.52 bits per heavy atom. The maximum absolute atomic E-state index is 12.2. The van der Waals surface area contributed by atoms with E-state index in [2.05, 4.69) is 29.4 Å². The topological polar surface area (TPSA) is 64.4 Å². The predicted molar refractivity (Wildman–Crippen MR) is 103 cm³/mol. The molecule has 1 saturated heterocycles. The standard InChI is InChI=1S/C20H22N2O2S/c1-25(21,23)16-7-8-19-17(13-16)18(15-5-3-2-4-6-15)14-20(24-19)9-11-22-12-10-20/h2-8,13-14,22H,1,9-12H2,(H2,21,23). The molecule has 2 aromatic carbocycles. The van der Waals surface area contributed by atoms with Crippen molar-refractivity contribution < 1.29 is 8.95 Å². The number of nitrogens with two attached hydrogens (primary N) is 1. The molecule has 0 aliphatic carbocycles. The van der Waals surface area contributed by atoms with Gasteiger partial charge in [0.15, 0.2) is 0 Å². The second-order valence-corrected chi connectivity index (χ2v) is 8.65. The molecule has 25 heavy (non-hydrogen) atoms. The van der Waals surface area contributed by atoms with Gasteiger partial charge in [0.25, 0.3) is 0 Å². The highest BCUT2D eigenvalue weighted by atomic mass is 32.2. The molecule has 4 nitrogen and oxygen atoms in total. The van der Waals surface area contributed by atoms with Crippen LogP contribution in [-0.2, 0) is 9.71 Å². The average molecular weight is 354 g/mol. The molecule has 0 amide bonds. The molecule has 0 saturated carbocycles. The molecule has 130 valence electrons. The third-order valence-electron chi connectivity index (χ3n) is 4.90. The first-order chi connectivity index (χ1) is 12.0. The van der Waals surface area contributed by atoms with Crippen LogP contribution >= 0.6 is 0 Å². The monoisotopic (exact) mass is 354 g/mol. The first-order valence-electron chi connectivity index (χ1n) is 8.44. The lowest BCUT2D eigenvalue weighted by Gasteiger charge is -2.40. The lowest BCUT2D eigenvalue weighted by atomic mass is 9.83. The van der Waals surface area contributed by atoms with Gasteiger partial charge in [0.1, 0.15) is 11.4 Å². The molecular weight excluding hydrogens is 332 g/mol. The van der Waals surface area contributed by atoms with Gasteiger partial charge in [0.05, 0.1) is 9.71 Å². The normalized spacial score (nSPS) is 20.9. The summed E-state index contributed by atoms with van der Waals surface area (Å²) in [7, 11) is -2.77. The zero-order chi connectivity index (χ0) is 17.5. The Bertz CT molecular complexity index is 927. The van der Waals surface area contributed by atoms with Crippen molar-refractivity contribution in [3.63, 3.8) is 0 Å². The van der Waals surface area contributed by atoms with Crippen LogP contribution < -0.4 is 15.2 Å². The Hall–Kier alpha value is -2.08. The first-order valence-corrected chi connectivity index (χ1v) is 10.2. The Labute approximate surface area is 148 Å². The molecule has 3 N–H and O–H groups in total. The van der Waals surface area contributed by atoms with Crippen LogP contribution in [0, 0.1) is 0 Å². The fraction of sp³-hybridized carbons (Fsp3) is 0.250. The van der Waals surface area contributed by atoms with Crippen molar-refractivity contribution in [1.29, 1.82) is 0 Å². The number of rotatable bonds is 2. The van der Waals surface area contributed by atoms with E-state index in [1.165, 1.54) is 0 Å². The van der Waals surface area contributed by atoms with Gasteiger partial charge in [-0.3, -0.25) is 5.14 Å². The molecule has 2 heterocycles. The van der Waals surface area contributed by atoms with Crippen LogP contribution in [0.3, 0.4) is 0 Å². The number of benzene rings is 2. The summed E-state index contributed by atoms with van der Waals surface area (Å²) < 4.78 is 18.6. The minimum atomic E-state index is -2.77. The minimum Gasteiger partial charge on any atom is -0.482 e. The molecule has 2 aliphatic heterocycles. The second-order valence-electron chi connectivity index (χ2n) is 6.73. The Morgan fingerprint density at radius 1 is 1.12 bits per heavy atom. The number of hydrogen-bond acceptors (Lipinski definition) is 3. The third-order valence-corrected chi connectivity index (χ3v) is 5.95. The molecule has 2 aliphatic rings. The van der Waals surface area contributed by atoms with E-state index >= 15 is 0 Å². The molecular formula is C20H22N2O2S. The SMILES string of the molecule is C=S(N)(=O)c1ccc2c(c1)C(c1ccccc1)=CC1(CCNCC1)O2. The van der Waals surface area contributed by atoms with Crippen molar-refractivity contribution >= 4 is 21.2 Å². The summed E-state index contributed by atoms with van der Waals surface area (Å²) in [5.74, 6) is 4.42. The van der Waals surface area contributed by atoms with E-state index < -0.39 is 9.71 Å². The van der Waals surface area contributed by atoms with Gasteiger partial charge in [0.2, 0.25) is 0 Å². The smallest absolute Gasteiger partial charge is 0.130 e. The Balaban J connectivity index is 1.90. The quantitative estimate of drug-likeness (QED) is 0.815. The molecule has 1 unspecified atom stereocenters. The highest BCUT2D eigenvalue weighted by Gasteiger charge is 2.37. The van der Waals surface area contributed by atoms with Crippen LogP contribution in [0.25, 0.3) is 5.57 Å². The van der Waals surface area contributed by atoms with Crippen LogP contribution in [-0.4, -0.2) is 28.8 Å². The van der Waals surface area contributed by atoms with Crippen LogP contribution in [0.2, 0.25) is 0 Å². The van der Waals surface area contributed by atoms with E-state index in [0.717, 1.165) is 48.4 Å². The van der Waals surface area contributed by atoms with Crippen molar-refractivity contribution in [3.8, 4) is 5.75 Å². The number of ether oxygens (including phenoxy) is 1. The lowest BCUT2D eigenvalue weighted by Crippen LogP contribution is -2.46. The fourth-order valence-corrected chi connectivity index (χ4v) is 4.18. The number of hydrogen-bond donors (Lipinski definition) is 2. The highest BCUT2D eigenvalue weighted by Crippen LogP contribution is 2.43. The minimum absolute atomic E-state index is 0.292. The predicted octanol–water partition coefficient (Wildman–Crippen LogP) is 2.58. The molecule has 0 bridgehead atoms. The van der Waals surface area contributed by atoms with Crippen LogP contribution in [0.4, 0.5) is 0 Å². The number of fused-ring (bicyclic) bond motifs is 1. The van der Waals surface area contributed by atoms with Gasteiger partial charge in [-0.05, 0) is 54.4 Å². The van der Waals surface area contributed by atoms with E-state index in [-0.39, 0.29) is 5.60 Å². The van der Waals surface area contributed by atoms with Crippen molar-refractivity contribution in [2.24, 2.45) is 5.14 Å². The van der Waals surface area contributed by atoms with E-state index in [1.807, 2.05) is 30.3 Å². The van der Waals surface area contributed by atoms with Gasteiger partial charge in [-0.1, -0.05) is 30.3 Å². The van der Waals surface area contributed by atoms with Gasteiger partial charge in [-0.25, -0.2) is 4.21 Å². The summed E-state index contributed by atoms with van der Waals surface area (Å²) >= 11 is 0. The van der Waals surface area contributed by atoms with Gasteiger partial charge < -0.3 is 10.1 Å². The van der Waals surface area contributed by atoms with Gasteiger partial charge in [-0.15, -0.1) is 0 Å². The molecule has 0 aromatic heterocycles. The summed E-state index contributed by atoms with van der Waals surface area (Å²) in [6, 6.07) is 15.7. The summed E-state index contributed by atoms with van der Waals surface area (Å²) in [5, 5.41) is 9.15. The Morgan fingerprint density at radius 2 is 1.84 bits per heavy atom. The molecule has 5 heteroatoms. The van der Waals surface area contributed by atoms with Crippen LogP contribution in [0.1, 0.15) is 24.0 Å². The van der Waals surface area contributed by atoms with E-state index in [4.69, 9.17) is 9.88 Å². The maximum Gasteiger partial charge on any atom is 0.130 e. The summed E-state index contributed by atoms with van der Waals surface area (Å²) in [6.07, 6.45) is 4.08. The molecule has 1 atom stereocenters. The van der Waals surface area contributed by atoms with Gasteiger partial charge >= 0.3 is 0 Å². The summed E-state index contributed by atoms with van der Waals surface area (Å²) in [6.45, 7) is 1.86. The van der Waals surface area contributed by atoms with Crippen molar-refractivity contribution in [2.45, 2.75) is 23.3 Å². The first kappa shape index (κ1) is 16.4. The van der Waals surface area contributed by atoms with Crippen LogP contribution in [0.15, 0.2) is 59.5 Å². The zero-order valence-corrected chi connectivity index (χ0v) is 14.9. The van der Waals surface area contributed by atoms with Crippen molar-refractivity contribution in [1.82, 2.24) is 5.32 Å². The lowest BCUT2D eigenvalue weighted by molar-refractivity contribution is 0.0816. The molecule has 1 spiro atoms. The molecule has 2 aromatic rings. The summed E-state index contributed by atoms with van der Waals surface area (Å²) in [4.78, 5) is 0.540. The van der Waals surface area contributed by atoms with E-state index in [0.29, 0.717) is 4.90 Å². The number of nitrogens with one attached hydrogen (secondary N) is 1. The van der Waals surface area contributed by atoms with Crippen molar-refractivity contribution in [3.05, 3.63) is 65.7 Å². The summed E-state index contributed by atoms with van der Waals surface area (Å²) in [5.41, 5.74) is 2.86. The highest BCUT2D eigenvalue weighted by molar-refractivity contribution is 7.98. The molecule has 1 fully saturated rings. The largest absolute Gasteiger partial charge is 0.482 e. The molecule has 4 rings (SSSR count). The van der Waals surface area contributed by atoms with Crippen LogP contribution in [0.5, 0.6) is 5.75 Å². The van der Waals surface area contributed by atoms with Gasteiger partial charge in [-0.2, -0.15) is 0 Å².